The van der Waals surface area contributed by atoms with Gasteiger partial charge in [0.15, 0.2) is 0 Å². The van der Waals surface area contributed by atoms with Gasteiger partial charge < -0.3 is 10.6 Å². The molecule has 0 fully saturated rings. The van der Waals surface area contributed by atoms with Gasteiger partial charge in [-0.2, -0.15) is 0 Å². The van der Waals surface area contributed by atoms with Gasteiger partial charge in [-0.05, 0) is 48.7 Å². The first-order valence-electron chi connectivity index (χ1n) is 10.7. The van der Waals surface area contributed by atoms with E-state index in [0.717, 1.165) is 22.4 Å². The third-order valence-electron chi connectivity index (χ3n) is 5.53. The number of nitrogens with zero attached hydrogens (tertiary/aromatic N) is 1. The summed E-state index contributed by atoms with van der Waals surface area (Å²) in [5.74, 6) is -0.908. The minimum absolute atomic E-state index is 0.180. The van der Waals surface area contributed by atoms with Gasteiger partial charge >= 0.3 is 0 Å². The number of amides is 3. The lowest BCUT2D eigenvalue weighted by Crippen LogP contribution is -2.32. The Morgan fingerprint density at radius 2 is 1.52 bits per heavy atom. The van der Waals surface area contributed by atoms with Gasteiger partial charge in [-0.1, -0.05) is 60.2 Å². The third-order valence-corrected chi connectivity index (χ3v) is 5.53. The molecule has 1 aliphatic heterocycles. The van der Waals surface area contributed by atoms with E-state index in [1.54, 1.807) is 24.3 Å². The molecule has 4 rings (SSSR count). The highest BCUT2D eigenvalue weighted by atomic mass is 16.2. The monoisotopic (exact) mass is 439 g/mol. The first-order chi connectivity index (χ1) is 15.8. The Morgan fingerprint density at radius 1 is 0.848 bits per heavy atom. The maximum atomic E-state index is 13.5. The predicted molar refractivity (Wildman–Crippen MR) is 129 cm³/mol. The van der Waals surface area contributed by atoms with E-state index in [1.165, 1.54) is 11.8 Å². The lowest BCUT2D eigenvalue weighted by atomic mass is 10.0. The van der Waals surface area contributed by atoms with Crippen molar-refractivity contribution in [2.45, 2.75) is 27.3 Å². The van der Waals surface area contributed by atoms with Crippen molar-refractivity contribution in [3.05, 3.63) is 101 Å². The Labute approximate surface area is 192 Å². The van der Waals surface area contributed by atoms with E-state index in [0.29, 0.717) is 16.8 Å². The number of carbonyl (C=O) groups is 3. The first-order valence-corrected chi connectivity index (χ1v) is 10.7. The van der Waals surface area contributed by atoms with Gasteiger partial charge in [0.25, 0.3) is 11.8 Å². The minimum Gasteiger partial charge on any atom is -0.350 e. The standard InChI is InChI=1S/C27H25N3O3/c1-17-8-10-20(11-9-17)16-30-26(32)24(21-12-14-22(15-13-21)28-19(3)31)25(27(30)33)29-23-7-5-4-6-18(23)2/h4-15,29H,16H2,1-3H3,(H,28,31). The number of rotatable bonds is 6. The first kappa shape index (κ1) is 22.0. The van der Waals surface area contributed by atoms with Crippen molar-refractivity contribution < 1.29 is 14.4 Å². The summed E-state index contributed by atoms with van der Waals surface area (Å²) in [4.78, 5) is 39.5. The van der Waals surface area contributed by atoms with Crippen LogP contribution in [0.25, 0.3) is 5.57 Å². The van der Waals surface area contributed by atoms with Crippen LogP contribution in [0.5, 0.6) is 0 Å². The second-order valence-corrected chi connectivity index (χ2v) is 8.13. The largest absolute Gasteiger partial charge is 0.350 e. The molecule has 0 atom stereocenters. The molecule has 2 N–H and O–H groups in total. The van der Waals surface area contributed by atoms with Gasteiger partial charge in [0.2, 0.25) is 5.91 Å². The number of aryl methyl sites for hydroxylation is 2. The van der Waals surface area contributed by atoms with Crippen LogP contribution < -0.4 is 10.6 Å². The molecule has 33 heavy (non-hydrogen) atoms. The quantitative estimate of drug-likeness (QED) is 0.548. The lowest BCUT2D eigenvalue weighted by Gasteiger charge is -2.16. The summed E-state index contributed by atoms with van der Waals surface area (Å²) in [7, 11) is 0. The Morgan fingerprint density at radius 3 is 2.15 bits per heavy atom. The van der Waals surface area contributed by atoms with Crippen LogP contribution in [0.4, 0.5) is 11.4 Å². The molecule has 1 heterocycles. The molecule has 0 saturated heterocycles. The van der Waals surface area contributed by atoms with E-state index >= 15 is 0 Å². The summed E-state index contributed by atoms with van der Waals surface area (Å²) in [5.41, 5.74) is 5.48. The maximum Gasteiger partial charge on any atom is 0.278 e. The van der Waals surface area contributed by atoms with Crippen molar-refractivity contribution in [3.8, 4) is 0 Å². The van der Waals surface area contributed by atoms with E-state index in [1.807, 2.05) is 62.4 Å². The number of hydrogen-bond acceptors (Lipinski definition) is 4. The number of anilines is 2. The van der Waals surface area contributed by atoms with Crippen LogP contribution in [0.2, 0.25) is 0 Å². The van der Waals surface area contributed by atoms with Crippen LogP contribution >= 0.6 is 0 Å². The van der Waals surface area contributed by atoms with Crippen molar-refractivity contribution in [1.82, 2.24) is 4.90 Å². The molecule has 0 saturated carbocycles. The van der Waals surface area contributed by atoms with Crippen LogP contribution in [-0.4, -0.2) is 22.6 Å². The van der Waals surface area contributed by atoms with Crippen LogP contribution in [0.15, 0.2) is 78.5 Å². The van der Waals surface area contributed by atoms with Crippen LogP contribution in [-0.2, 0) is 20.9 Å². The second-order valence-electron chi connectivity index (χ2n) is 8.13. The van der Waals surface area contributed by atoms with Gasteiger partial charge in [-0.25, -0.2) is 0 Å². The number of para-hydroxylation sites is 1. The molecule has 0 aliphatic carbocycles. The summed E-state index contributed by atoms with van der Waals surface area (Å²) < 4.78 is 0. The summed E-state index contributed by atoms with van der Waals surface area (Å²) in [6.45, 7) is 5.55. The zero-order valence-corrected chi connectivity index (χ0v) is 18.8. The molecular weight excluding hydrogens is 414 g/mol. The minimum atomic E-state index is -0.371. The molecule has 0 aromatic heterocycles. The molecule has 0 bridgehead atoms. The lowest BCUT2D eigenvalue weighted by molar-refractivity contribution is -0.137. The summed E-state index contributed by atoms with van der Waals surface area (Å²) >= 11 is 0. The van der Waals surface area contributed by atoms with Gasteiger partial charge in [0.1, 0.15) is 5.70 Å². The van der Waals surface area contributed by atoms with E-state index in [2.05, 4.69) is 10.6 Å². The molecular formula is C27H25N3O3. The van der Waals surface area contributed by atoms with Crippen molar-refractivity contribution in [2.24, 2.45) is 0 Å². The second kappa shape index (κ2) is 9.12. The van der Waals surface area contributed by atoms with E-state index in [-0.39, 0.29) is 30.0 Å². The van der Waals surface area contributed by atoms with Crippen molar-refractivity contribution in [3.63, 3.8) is 0 Å². The highest BCUT2D eigenvalue weighted by molar-refractivity contribution is 6.36. The Kier molecular flexibility index (Phi) is 6.09. The maximum absolute atomic E-state index is 13.5. The average Bonchev–Trinajstić information content (AvgIpc) is 3.01. The average molecular weight is 440 g/mol. The number of nitrogens with one attached hydrogen (secondary N) is 2. The molecule has 0 unspecified atom stereocenters. The Balaban J connectivity index is 1.73. The zero-order valence-electron chi connectivity index (χ0n) is 18.8. The Bertz CT molecular complexity index is 1260. The van der Waals surface area contributed by atoms with Crippen LogP contribution in [0.1, 0.15) is 29.2 Å². The highest BCUT2D eigenvalue weighted by Gasteiger charge is 2.39. The molecule has 6 heteroatoms. The van der Waals surface area contributed by atoms with Gasteiger partial charge in [-0.15, -0.1) is 0 Å². The van der Waals surface area contributed by atoms with E-state index in [9.17, 15) is 14.4 Å². The van der Waals surface area contributed by atoms with Crippen molar-refractivity contribution >= 4 is 34.7 Å². The third kappa shape index (κ3) is 4.70. The summed E-state index contributed by atoms with van der Waals surface area (Å²) in [5, 5.41) is 5.92. The number of hydrogen-bond donors (Lipinski definition) is 2. The van der Waals surface area contributed by atoms with Crippen LogP contribution in [0.3, 0.4) is 0 Å². The predicted octanol–water partition coefficient (Wildman–Crippen LogP) is 4.65. The number of benzene rings is 3. The number of imide groups is 1. The molecule has 166 valence electrons. The fourth-order valence-corrected chi connectivity index (χ4v) is 3.75. The van der Waals surface area contributed by atoms with Gasteiger partial charge in [-0.3, -0.25) is 19.3 Å². The molecule has 1 aliphatic rings. The SMILES string of the molecule is CC(=O)Nc1ccc(C2=C(Nc3ccccc3C)C(=O)N(Cc3ccc(C)cc3)C2=O)cc1. The normalized spacial score (nSPS) is 13.5. The van der Waals surface area contributed by atoms with Gasteiger partial charge in [0.05, 0.1) is 12.1 Å². The molecule has 3 aromatic rings. The zero-order chi connectivity index (χ0) is 23.5. The molecule has 3 amide bonds. The van der Waals surface area contributed by atoms with E-state index in [4.69, 9.17) is 0 Å². The molecule has 0 radical (unpaired) electrons. The summed E-state index contributed by atoms with van der Waals surface area (Å²) in [6, 6.07) is 22.3. The number of carbonyl (C=O) groups excluding carboxylic acids is 3. The molecule has 6 nitrogen and oxygen atoms in total. The van der Waals surface area contributed by atoms with Crippen LogP contribution in [0, 0.1) is 13.8 Å². The fraction of sp³-hybridized carbons (Fsp3) is 0.148. The Hall–Kier alpha value is -4.19. The van der Waals surface area contributed by atoms with Gasteiger partial charge in [0, 0.05) is 18.3 Å². The molecule has 0 spiro atoms. The van der Waals surface area contributed by atoms with E-state index < -0.39 is 0 Å². The van der Waals surface area contributed by atoms with Crippen molar-refractivity contribution in [2.75, 3.05) is 10.6 Å². The topological polar surface area (TPSA) is 78.5 Å². The summed E-state index contributed by atoms with van der Waals surface area (Å²) in [6.07, 6.45) is 0. The fourth-order valence-electron chi connectivity index (χ4n) is 3.75. The highest BCUT2D eigenvalue weighted by Crippen LogP contribution is 2.32. The smallest absolute Gasteiger partial charge is 0.278 e. The van der Waals surface area contributed by atoms with Crippen molar-refractivity contribution in [1.29, 1.82) is 0 Å². The molecule has 3 aromatic carbocycles.